The predicted molar refractivity (Wildman–Crippen MR) is 75.1 cm³/mol. The smallest absolute Gasteiger partial charge is 0.306 e. The number of hydrogen-bond donors (Lipinski definition) is 0. The Morgan fingerprint density at radius 2 is 2.21 bits per heavy atom. The molecule has 0 N–H and O–H groups in total. The quantitative estimate of drug-likeness (QED) is 0.780. The van der Waals surface area contributed by atoms with Crippen molar-refractivity contribution < 1.29 is 14.3 Å². The van der Waals surface area contributed by atoms with Gasteiger partial charge in [0, 0.05) is 5.41 Å². The molecule has 1 atom stereocenters. The number of esters is 1. The molecule has 1 aliphatic carbocycles. The summed E-state index contributed by atoms with van der Waals surface area (Å²) in [6.07, 6.45) is 5.44. The molecule has 1 unspecified atom stereocenters. The summed E-state index contributed by atoms with van der Waals surface area (Å²) in [6, 6.07) is 6.06. The summed E-state index contributed by atoms with van der Waals surface area (Å²) in [5, 5.41) is 0. The second-order valence-corrected chi connectivity index (χ2v) is 5.21. The van der Waals surface area contributed by atoms with Crippen molar-refractivity contribution in [1.29, 1.82) is 0 Å². The van der Waals surface area contributed by atoms with Gasteiger partial charge in [-0.1, -0.05) is 25.1 Å². The average Bonchev–Trinajstić information content (AvgIpc) is 2.38. The monoisotopic (exact) mass is 260 g/mol. The van der Waals surface area contributed by atoms with Gasteiger partial charge in [0.2, 0.25) is 0 Å². The number of carbonyl (C=O) groups excluding carboxylic acids is 1. The first kappa shape index (κ1) is 13.7. The minimum atomic E-state index is -0.159. The first-order valence-electron chi connectivity index (χ1n) is 6.58. The van der Waals surface area contributed by atoms with E-state index in [4.69, 9.17) is 9.47 Å². The number of rotatable bonds is 4. The molecule has 0 radical (unpaired) electrons. The molecule has 1 aliphatic rings. The van der Waals surface area contributed by atoms with Crippen LogP contribution in [0.1, 0.15) is 31.4 Å². The summed E-state index contributed by atoms with van der Waals surface area (Å²) in [5.74, 6) is 0.726. The van der Waals surface area contributed by atoms with Crippen LogP contribution >= 0.6 is 0 Å². The Bertz CT molecular complexity index is 505. The normalized spacial score (nSPS) is 20.8. The van der Waals surface area contributed by atoms with Gasteiger partial charge in [-0.05, 0) is 36.6 Å². The van der Waals surface area contributed by atoms with Gasteiger partial charge in [-0.3, -0.25) is 4.79 Å². The van der Waals surface area contributed by atoms with Crippen LogP contribution in [0.25, 0.3) is 6.08 Å². The maximum Gasteiger partial charge on any atom is 0.306 e. The number of carbonyl (C=O) groups is 1. The Kier molecular flexibility index (Phi) is 3.93. The molecular weight excluding hydrogens is 240 g/mol. The van der Waals surface area contributed by atoms with Gasteiger partial charge in [-0.25, -0.2) is 0 Å². The SMILES string of the molecule is CCOC(=O)CC1(C)C=Cc2cc(OC)ccc2C1. The van der Waals surface area contributed by atoms with Crippen LogP contribution in [0.3, 0.4) is 0 Å². The molecule has 0 heterocycles. The summed E-state index contributed by atoms with van der Waals surface area (Å²) in [7, 11) is 1.67. The molecule has 1 aromatic carbocycles. The van der Waals surface area contributed by atoms with Crippen LogP contribution in [0.2, 0.25) is 0 Å². The minimum Gasteiger partial charge on any atom is -0.497 e. The summed E-state index contributed by atoms with van der Waals surface area (Å²) in [4.78, 5) is 11.7. The van der Waals surface area contributed by atoms with E-state index >= 15 is 0 Å². The molecule has 1 aromatic rings. The summed E-state index contributed by atoms with van der Waals surface area (Å²) in [6.45, 7) is 4.36. The topological polar surface area (TPSA) is 35.5 Å². The number of ether oxygens (including phenoxy) is 2. The molecule has 0 bridgehead atoms. The second-order valence-electron chi connectivity index (χ2n) is 5.21. The standard InChI is InChI=1S/C16H20O3/c1-4-19-15(17)11-16(2)8-7-12-9-14(18-3)6-5-13(12)10-16/h5-9H,4,10-11H2,1-3H3. The van der Waals surface area contributed by atoms with Crippen molar-refractivity contribution in [3.05, 3.63) is 35.4 Å². The predicted octanol–water partition coefficient (Wildman–Crippen LogP) is 3.22. The van der Waals surface area contributed by atoms with Crippen LogP contribution in [-0.4, -0.2) is 19.7 Å². The van der Waals surface area contributed by atoms with Gasteiger partial charge in [0.1, 0.15) is 5.75 Å². The number of hydrogen-bond acceptors (Lipinski definition) is 3. The zero-order valence-corrected chi connectivity index (χ0v) is 11.7. The van der Waals surface area contributed by atoms with Crippen molar-refractivity contribution in [2.75, 3.05) is 13.7 Å². The van der Waals surface area contributed by atoms with Crippen molar-refractivity contribution in [2.45, 2.75) is 26.7 Å². The van der Waals surface area contributed by atoms with E-state index in [1.165, 1.54) is 11.1 Å². The van der Waals surface area contributed by atoms with Crippen LogP contribution < -0.4 is 4.74 Å². The summed E-state index contributed by atoms with van der Waals surface area (Å²) >= 11 is 0. The Hall–Kier alpha value is -1.77. The molecule has 0 saturated carbocycles. The first-order chi connectivity index (χ1) is 9.06. The lowest BCUT2D eigenvalue weighted by molar-refractivity contribution is -0.145. The van der Waals surface area contributed by atoms with E-state index in [1.54, 1.807) is 7.11 Å². The second kappa shape index (κ2) is 5.47. The van der Waals surface area contributed by atoms with Crippen LogP contribution in [-0.2, 0) is 16.0 Å². The third kappa shape index (κ3) is 3.16. The molecule has 0 aliphatic heterocycles. The van der Waals surface area contributed by atoms with E-state index in [2.05, 4.69) is 25.1 Å². The fourth-order valence-electron chi connectivity index (χ4n) is 2.46. The van der Waals surface area contributed by atoms with Gasteiger partial charge in [-0.2, -0.15) is 0 Å². The first-order valence-corrected chi connectivity index (χ1v) is 6.58. The van der Waals surface area contributed by atoms with Crippen LogP contribution in [0, 0.1) is 5.41 Å². The Morgan fingerprint density at radius 1 is 1.42 bits per heavy atom. The Labute approximate surface area is 114 Å². The molecule has 3 nitrogen and oxygen atoms in total. The van der Waals surface area contributed by atoms with Crippen LogP contribution in [0.15, 0.2) is 24.3 Å². The average molecular weight is 260 g/mol. The van der Waals surface area contributed by atoms with Gasteiger partial charge in [0.15, 0.2) is 0 Å². The molecular formula is C16H20O3. The van der Waals surface area contributed by atoms with Gasteiger partial charge < -0.3 is 9.47 Å². The maximum atomic E-state index is 11.7. The summed E-state index contributed by atoms with van der Waals surface area (Å²) < 4.78 is 10.3. The van der Waals surface area contributed by atoms with E-state index in [9.17, 15) is 4.79 Å². The van der Waals surface area contributed by atoms with E-state index in [0.29, 0.717) is 13.0 Å². The van der Waals surface area contributed by atoms with Crippen molar-refractivity contribution >= 4 is 12.0 Å². The molecule has 102 valence electrons. The summed E-state index contributed by atoms with van der Waals surface area (Å²) in [5.41, 5.74) is 2.25. The highest BCUT2D eigenvalue weighted by molar-refractivity contribution is 5.72. The van der Waals surface area contributed by atoms with Gasteiger partial charge in [0.25, 0.3) is 0 Å². The molecule has 0 amide bonds. The van der Waals surface area contributed by atoms with Crippen LogP contribution in [0.5, 0.6) is 5.75 Å². The zero-order chi connectivity index (χ0) is 13.9. The lowest BCUT2D eigenvalue weighted by atomic mass is 9.75. The molecule has 0 fully saturated rings. The molecule has 0 saturated heterocycles. The van der Waals surface area contributed by atoms with Crippen molar-refractivity contribution in [1.82, 2.24) is 0 Å². The van der Waals surface area contributed by atoms with E-state index in [1.807, 2.05) is 19.1 Å². The van der Waals surface area contributed by atoms with E-state index < -0.39 is 0 Å². The van der Waals surface area contributed by atoms with E-state index in [0.717, 1.165) is 12.2 Å². The van der Waals surface area contributed by atoms with Gasteiger partial charge >= 0.3 is 5.97 Å². The molecule has 0 aromatic heterocycles. The maximum absolute atomic E-state index is 11.7. The number of methoxy groups -OCH3 is 1. The number of benzene rings is 1. The highest BCUT2D eigenvalue weighted by atomic mass is 16.5. The Morgan fingerprint density at radius 3 is 2.89 bits per heavy atom. The third-order valence-electron chi connectivity index (χ3n) is 3.47. The van der Waals surface area contributed by atoms with Crippen molar-refractivity contribution in [3.63, 3.8) is 0 Å². The van der Waals surface area contributed by atoms with Crippen LogP contribution in [0.4, 0.5) is 0 Å². The van der Waals surface area contributed by atoms with Gasteiger partial charge in [0.05, 0.1) is 20.1 Å². The fraction of sp³-hybridized carbons (Fsp3) is 0.438. The van der Waals surface area contributed by atoms with Crippen molar-refractivity contribution in [2.24, 2.45) is 5.41 Å². The molecule has 3 heteroatoms. The largest absolute Gasteiger partial charge is 0.497 e. The molecule has 0 spiro atoms. The Balaban J connectivity index is 2.16. The number of allylic oxidation sites excluding steroid dienone is 1. The van der Waals surface area contributed by atoms with Crippen molar-refractivity contribution in [3.8, 4) is 5.75 Å². The number of fused-ring (bicyclic) bond motifs is 1. The van der Waals surface area contributed by atoms with E-state index in [-0.39, 0.29) is 11.4 Å². The molecule has 2 rings (SSSR count). The lowest BCUT2D eigenvalue weighted by Gasteiger charge is -2.29. The minimum absolute atomic E-state index is 0.133. The highest BCUT2D eigenvalue weighted by Crippen LogP contribution is 2.36. The molecule has 19 heavy (non-hydrogen) atoms. The third-order valence-corrected chi connectivity index (χ3v) is 3.47. The zero-order valence-electron chi connectivity index (χ0n) is 11.7. The highest BCUT2D eigenvalue weighted by Gasteiger charge is 2.29. The fourth-order valence-corrected chi connectivity index (χ4v) is 2.46. The van der Waals surface area contributed by atoms with Gasteiger partial charge in [-0.15, -0.1) is 0 Å². The lowest BCUT2D eigenvalue weighted by Crippen LogP contribution is -2.25.